The minimum Gasteiger partial charge on any atom is -0.395 e. The van der Waals surface area contributed by atoms with E-state index in [2.05, 4.69) is 14.9 Å². The maximum absolute atomic E-state index is 12.7. The van der Waals surface area contributed by atoms with Gasteiger partial charge in [-0.2, -0.15) is 0 Å². The molecule has 1 heterocycles. The molecule has 1 aliphatic heterocycles. The summed E-state index contributed by atoms with van der Waals surface area (Å²) < 4.78 is 26.1. The number of benzene rings is 2. The van der Waals surface area contributed by atoms with Crippen molar-refractivity contribution in [1.82, 2.24) is 9.62 Å². The molecule has 0 radical (unpaired) electrons. The molecule has 0 spiro atoms. The quantitative estimate of drug-likeness (QED) is 0.696. The molecule has 2 aromatic rings. The third-order valence-corrected chi connectivity index (χ3v) is 6.23. The number of hydrogen-bond donors (Lipinski definition) is 3. The van der Waals surface area contributed by atoms with Gasteiger partial charge in [-0.25, -0.2) is 13.1 Å². The Kier molecular flexibility index (Phi) is 5.61. The number of aliphatic hydroxyl groups excluding tert-OH is 1. The topological polar surface area (TPSA) is 98.7 Å². The standard InChI is InChI=1S/C19H23N3O4S/c1-13(12-23)22-10-15-6-4-8-18(17(15)11-22)21-19(24)14-5-3-7-16(9-14)27(25,26)20-2/h3-9,13,20,23H,10-12H2,1-2H3,(H,21,24)/t13-/m1/s1. The predicted molar refractivity (Wildman–Crippen MR) is 103 cm³/mol. The number of nitrogens with one attached hydrogen (secondary N) is 2. The molecule has 144 valence electrons. The van der Waals surface area contributed by atoms with E-state index in [1.54, 1.807) is 12.1 Å². The summed E-state index contributed by atoms with van der Waals surface area (Å²) in [5, 5.41) is 12.3. The number of fused-ring (bicyclic) bond motifs is 1. The van der Waals surface area contributed by atoms with E-state index in [0.29, 0.717) is 12.2 Å². The number of sulfonamides is 1. The van der Waals surface area contributed by atoms with E-state index in [0.717, 1.165) is 17.7 Å². The number of carbonyl (C=O) groups excluding carboxylic acids is 1. The summed E-state index contributed by atoms with van der Waals surface area (Å²) in [6.07, 6.45) is 0. The number of amides is 1. The summed E-state index contributed by atoms with van der Waals surface area (Å²) in [5.74, 6) is -0.370. The average molecular weight is 389 g/mol. The normalized spacial score (nSPS) is 15.4. The van der Waals surface area contributed by atoms with Gasteiger partial charge < -0.3 is 10.4 Å². The second-order valence-electron chi connectivity index (χ2n) is 6.57. The number of anilines is 1. The zero-order valence-electron chi connectivity index (χ0n) is 15.3. The van der Waals surface area contributed by atoms with Crippen LogP contribution in [0.1, 0.15) is 28.4 Å². The van der Waals surface area contributed by atoms with E-state index in [9.17, 15) is 18.3 Å². The summed E-state index contributed by atoms with van der Waals surface area (Å²) in [5.41, 5.74) is 3.10. The van der Waals surface area contributed by atoms with Gasteiger partial charge in [-0.15, -0.1) is 0 Å². The van der Waals surface area contributed by atoms with Crippen molar-refractivity contribution < 1.29 is 18.3 Å². The van der Waals surface area contributed by atoms with Crippen LogP contribution in [0.15, 0.2) is 47.4 Å². The number of nitrogens with zero attached hydrogens (tertiary/aromatic N) is 1. The van der Waals surface area contributed by atoms with Crippen LogP contribution >= 0.6 is 0 Å². The van der Waals surface area contributed by atoms with Crippen LogP contribution in [0, 0.1) is 0 Å². The van der Waals surface area contributed by atoms with E-state index in [-0.39, 0.29) is 29.0 Å². The molecule has 3 N–H and O–H groups in total. The number of hydrogen-bond acceptors (Lipinski definition) is 5. The summed E-state index contributed by atoms with van der Waals surface area (Å²) in [4.78, 5) is 14.9. The highest BCUT2D eigenvalue weighted by atomic mass is 32.2. The SMILES string of the molecule is CNS(=O)(=O)c1cccc(C(=O)Nc2cccc3c2CN([C@H](C)CO)C3)c1. The molecule has 0 aromatic heterocycles. The molecule has 0 unspecified atom stereocenters. The van der Waals surface area contributed by atoms with E-state index < -0.39 is 10.0 Å². The Hall–Kier alpha value is -2.26. The molecule has 3 rings (SSSR count). The van der Waals surface area contributed by atoms with Crippen LogP contribution in [0.4, 0.5) is 5.69 Å². The van der Waals surface area contributed by atoms with Gasteiger partial charge in [0.05, 0.1) is 11.5 Å². The Labute approximate surface area is 159 Å². The molecule has 2 aromatic carbocycles. The first-order valence-corrected chi connectivity index (χ1v) is 10.1. The van der Waals surface area contributed by atoms with Crippen molar-refractivity contribution in [3.63, 3.8) is 0 Å². The van der Waals surface area contributed by atoms with Gasteiger partial charge in [0.2, 0.25) is 10.0 Å². The van der Waals surface area contributed by atoms with Gasteiger partial charge in [0.1, 0.15) is 0 Å². The van der Waals surface area contributed by atoms with E-state index in [1.165, 1.54) is 19.2 Å². The summed E-state index contributed by atoms with van der Waals surface area (Å²) in [6, 6.07) is 11.7. The highest BCUT2D eigenvalue weighted by molar-refractivity contribution is 7.89. The lowest BCUT2D eigenvalue weighted by Gasteiger charge is -2.21. The van der Waals surface area contributed by atoms with Crippen molar-refractivity contribution in [3.8, 4) is 0 Å². The fourth-order valence-electron chi connectivity index (χ4n) is 3.11. The fourth-order valence-corrected chi connectivity index (χ4v) is 3.88. The van der Waals surface area contributed by atoms with Crippen molar-refractivity contribution in [1.29, 1.82) is 0 Å². The highest BCUT2D eigenvalue weighted by Crippen LogP contribution is 2.30. The maximum atomic E-state index is 12.7. The summed E-state index contributed by atoms with van der Waals surface area (Å²) in [6.45, 7) is 3.39. The smallest absolute Gasteiger partial charge is 0.255 e. The molecule has 1 atom stereocenters. The van der Waals surface area contributed by atoms with Gasteiger partial charge in [-0.1, -0.05) is 18.2 Å². The Bertz CT molecular complexity index is 959. The zero-order valence-corrected chi connectivity index (χ0v) is 16.1. The monoisotopic (exact) mass is 389 g/mol. The largest absolute Gasteiger partial charge is 0.395 e. The first-order chi connectivity index (χ1) is 12.9. The molecule has 1 amide bonds. The van der Waals surface area contributed by atoms with E-state index in [1.807, 2.05) is 25.1 Å². The van der Waals surface area contributed by atoms with Gasteiger partial charge in [-0.05, 0) is 49.4 Å². The first-order valence-electron chi connectivity index (χ1n) is 8.66. The van der Waals surface area contributed by atoms with Gasteiger partial charge in [0.25, 0.3) is 5.91 Å². The molecule has 27 heavy (non-hydrogen) atoms. The fraction of sp³-hybridized carbons (Fsp3) is 0.316. The van der Waals surface area contributed by atoms with Crippen LogP contribution in [0.5, 0.6) is 0 Å². The molecule has 8 heteroatoms. The van der Waals surface area contributed by atoms with Crippen LogP contribution in [-0.2, 0) is 23.1 Å². The molecule has 0 aliphatic carbocycles. The first kappa shape index (κ1) is 19.5. The lowest BCUT2D eigenvalue weighted by molar-refractivity contribution is 0.102. The molecule has 0 saturated carbocycles. The number of carbonyl (C=O) groups is 1. The molecule has 0 saturated heterocycles. The minimum atomic E-state index is -3.62. The van der Waals surface area contributed by atoms with Crippen molar-refractivity contribution in [2.45, 2.75) is 31.0 Å². The Morgan fingerprint density at radius 1 is 1.22 bits per heavy atom. The molecule has 7 nitrogen and oxygen atoms in total. The molecule has 0 bridgehead atoms. The molecular formula is C19H23N3O4S. The Morgan fingerprint density at radius 3 is 2.67 bits per heavy atom. The van der Waals surface area contributed by atoms with Gasteiger partial charge in [0, 0.05) is 30.4 Å². The van der Waals surface area contributed by atoms with E-state index >= 15 is 0 Å². The minimum absolute atomic E-state index is 0.0318. The van der Waals surface area contributed by atoms with E-state index in [4.69, 9.17) is 0 Å². The predicted octanol–water partition coefficient (Wildman–Crippen LogP) is 1.54. The van der Waals surface area contributed by atoms with Crippen LogP contribution < -0.4 is 10.0 Å². The number of rotatable bonds is 6. The van der Waals surface area contributed by atoms with Crippen LogP contribution in [0.2, 0.25) is 0 Å². The lowest BCUT2D eigenvalue weighted by atomic mass is 10.1. The molecule has 0 fully saturated rings. The highest BCUT2D eigenvalue weighted by Gasteiger charge is 2.25. The van der Waals surface area contributed by atoms with Crippen molar-refractivity contribution in [2.24, 2.45) is 0 Å². The molecular weight excluding hydrogens is 366 g/mol. The van der Waals surface area contributed by atoms with Crippen molar-refractivity contribution in [3.05, 3.63) is 59.2 Å². The molecule has 1 aliphatic rings. The maximum Gasteiger partial charge on any atom is 0.255 e. The second-order valence-corrected chi connectivity index (χ2v) is 8.46. The zero-order chi connectivity index (χ0) is 19.6. The summed E-state index contributed by atoms with van der Waals surface area (Å²) >= 11 is 0. The van der Waals surface area contributed by atoms with Crippen molar-refractivity contribution in [2.75, 3.05) is 19.0 Å². The third-order valence-electron chi connectivity index (χ3n) is 4.82. The van der Waals surface area contributed by atoms with Crippen LogP contribution in [0.25, 0.3) is 0 Å². The van der Waals surface area contributed by atoms with Crippen LogP contribution in [0.3, 0.4) is 0 Å². The lowest BCUT2D eigenvalue weighted by Crippen LogP contribution is -2.30. The van der Waals surface area contributed by atoms with Crippen molar-refractivity contribution >= 4 is 21.6 Å². The van der Waals surface area contributed by atoms with Gasteiger partial charge >= 0.3 is 0 Å². The summed E-state index contributed by atoms with van der Waals surface area (Å²) in [7, 11) is -2.29. The Morgan fingerprint density at radius 2 is 1.96 bits per heavy atom. The second kappa shape index (κ2) is 7.77. The van der Waals surface area contributed by atoms with Gasteiger partial charge in [-0.3, -0.25) is 9.69 Å². The Balaban J connectivity index is 1.83. The van der Waals surface area contributed by atoms with Crippen LogP contribution in [-0.4, -0.2) is 44.0 Å². The average Bonchev–Trinajstić information content (AvgIpc) is 3.13. The van der Waals surface area contributed by atoms with Gasteiger partial charge in [0.15, 0.2) is 0 Å². The third kappa shape index (κ3) is 4.03. The number of aliphatic hydroxyl groups is 1.